The third-order valence-electron chi connectivity index (χ3n) is 2.82. The second kappa shape index (κ2) is 4.98. The minimum atomic E-state index is -0.522. The van der Waals surface area contributed by atoms with Gasteiger partial charge in [0.1, 0.15) is 11.5 Å². The summed E-state index contributed by atoms with van der Waals surface area (Å²) in [7, 11) is 0. The molecule has 0 amide bonds. The van der Waals surface area contributed by atoms with Crippen LogP contribution in [0.2, 0.25) is 5.15 Å². The fourth-order valence-corrected chi connectivity index (χ4v) is 1.95. The average molecular weight is 306 g/mol. The predicted molar refractivity (Wildman–Crippen MR) is 73.7 cm³/mol. The van der Waals surface area contributed by atoms with Gasteiger partial charge in [-0.25, -0.2) is 0 Å². The molecule has 0 aliphatic rings. The molecule has 0 spiro atoms. The first kappa shape index (κ1) is 13.3. The number of nitro groups is 1. The van der Waals surface area contributed by atoms with Gasteiger partial charge in [-0.15, -0.1) is 0 Å². The Hall–Kier alpha value is -2.74. The van der Waals surface area contributed by atoms with Crippen molar-refractivity contribution in [1.29, 1.82) is 0 Å². The van der Waals surface area contributed by atoms with Gasteiger partial charge < -0.3 is 4.74 Å². The van der Waals surface area contributed by atoms with E-state index in [4.69, 9.17) is 16.3 Å². The third-order valence-corrected chi connectivity index (χ3v) is 3.19. The second-order valence-electron chi connectivity index (χ2n) is 4.13. The lowest BCUT2D eigenvalue weighted by molar-refractivity contribution is -0.385. The molecule has 0 radical (unpaired) electrons. The van der Waals surface area contributed by atoms with Crippen LogP contribution < -0.4 is 4.74 Å². The summed E-state index contributed by atoms with van der Waals surface area (Å²) in [5.41, 5.74) is 0.353. The van der Waals surface area contributed by atoms with Crippen molar-refractivity contribution in [3.05, 3.63) is 51.4 Å². The Balaban J connectivity index is 2.17. The topological polar surface area (TPSA) is 95.5 Å². The van der Waals surface area contributed by atoms with E-state index in [1.165, 1.54) is 23.0 Å². The fraction of sp³-hybridized carbons (Fsp3) is 0.0833. The van der Waals surface area contributed by atoms with Crippen molar-refractivity contribution in [3.63, 3.8) is 0 Å². The van der Waals surface area contributed by atoms with E-state index in [9.17, 15) is 10.1 Å². The number of para-hydroxylation sites is 2. The van der Waals surface area contributed by atoms with Gasteiger partial charge in [0.2, 0.25) is 11.6 Å². The van der Waals surface area contributed by atoms with E-state index >= 15 is 0 Å². The summed E-state index contributed by atoms with van der Waals surface area (Å²) in [6.07, 6.45) is 1.30. The maximum atomic E-state index is 11.0. The molecule has 106 valence electrons. The largest absolute Gasteiger partial charge is 0.431 e. The summed E-state index contributed by atoms with van der Waals surface area (Å²) in [4.78, 5) is 18.5. The van der Waals surface area contributed by atoms with Crippen LogP contribution in [0.25, 0.3) is 5.78 Å². The van der Waals surface area contributed by atoms with Crippen LogP contribution in [0.4, 0.5) is 5.69 Å². The molecule has 21 heavy (non-hydrogen) atoms. The zero-order chi connectivity index (χ0) is 15.0. The first-order valence-corrected chi connectivity index (χ1v) is 6.23. The van der Waals surface area contributed by atoms with Crippen molar-refractivity contribution in [2.45, 2.75) is 6.92 Å². The van der Waals surface area contributed by atoms with Crippen LogP contribution >= 0.6 is 11.6 Å². The van der Waals surface area contributed by atoms with Gasteiger partial charge in [0.25, 0.3) is 5.78 Å². The molecule has 0 bridgehead atoms. The van der Waals surface area contributed by atoms with Gasteiger partial charge in [-0.1, -0.05) is 23.7 Å². The van der Waals surface area contributed by atoms with Crippen LogP contribution in [-0.4, -0.2) is 24.5 Å². The van der Waals surface area contributed by atoms with Gasteiger partial charge in [0.05, 0.1) is 4.92 Å². The summed E-state index contributed by atoms with van der Waals surface area (Å²) < 4.78 is 6.98. The number of benzene rings is 1. The van der Waals surface area contributed by atoms with E-state index in [2.05, 4.69) is 15.1 Å². The Kier molecular flexibility index (Phi) is 3.15. The predicted octanol–water partition coefficient (Wildman–Crippen LogP) is 2.79. The van der Waals surface area contributed by atoms with Gasteiger partial charge in [-0.2, -0.15) is 19.6 Å². The normalized spacial score (nSPS) is 10.8. The smallest absolute Gasteiger partial charge is 0.311 e. The van der Waals surface area contributed by atoms with E-state index in [0.717, 1.165) is 0 Å². The lowest BCUT2D eigenvalue weighted by Gasteiger charge is -2.10. The minimum Gasteiger partial charge on any atom is -0.431 e. The van der Waals surface area contributed by atoms with E-state index in [1.54, 1.807) is 19.1 Å². The Labute approximate surface area is 123 Å². The highest BCUT2D eigenvalue weighted by Gasteiger charge is 2.19. The van der Waals surface area contributed by atoms with Crippen LogP contribution in [0, 0.1) is 17.0 Å². The van der Waals surface area contributed by atoms with Crippen molar-refractivity contribution < 1.29 is 9.66 Å². The molecule has 0 N–H and O–H groups in total. The standard InChI is InChI=1S/C12H8ClN5O3/c1-7-10(13)16-12-14-6-15-17(12)11(7)21-9-5-3-2-4-8(9)18(19)20/h2-6H,1H3. The van der Waals surface area contributed by atoms with Crippen molar-refractivity contribution >= 4 is 23.1 Å². The molecular weight excluding hydrogens is 298 g/mol. The third kappa shape index (κ3) is 2.25. The number of halogens is 1. The molecular formula is C12H8ClN5O3. The summed E-state index contributed by atoms with van der Waals surface area (Å²) >= 11 is 6.01. The van der Waals surface area contributed by atoms with Crippen molar-refractivity contribution in [1.82, 2.24) is 19.6 Å². The lowest BCUT2D eigenvalue weighted by Crippen LogP contribution is -2.02. The molecule has 8 nitrogen and oxygen atoms in total. The number of nitrogens with zero attached hydrogens (tertiary/aromatic N) is 5. The summed E-state index contributed by atoms with van der Waals surface area (Å²) in [5, 5.41) is 15.2. The molecule has 0 fully saturated rings. The SMILES string of the molecule is Cc1c(Cl)nc2ncnn2c1Oc1ccccc1[N+](=O)[O-]. The van der Waals surface area contributed by atoms with Crippen LogP contribution in [0.15, 0.2) is 30.6 Å². The van der Waals surface area contributed by atoms with E-state index in [-0.39, 0.29) is 28.2 Å². The van der Waals surface area contributed by atoms with Gasteiger partial charge in [0, 0.05) is 11.6 Å². The molecule has 0 saturated carbocycles. The van der Waals surface area contributed by atoms with E-state index < -0.39 is 4.92 Å². The highest BCUT2D eigenvalue weighted by molar-refractivity contribution is 6.30. The van der Waals surface area contributed by atoms with Crippen LogP contribution in [0.3, 0.4) is 0 Å². The number of hydrogen-bond donors (Lipinski definition) is 0. The van der Waals surface area contributed by atoms with E-state index in [0.29, 0.717) is 5.56 Å². The number of aromatic nitrogens is 4. The Morgan fingerprint density at radius 2 is 2.14 bits per heavy atom. The van der Waals surface area contributed by atoms with Crippen molar-refractivity contribution in [2.24, 2.45) is 0 Å². The Morgan fingerprint density at radius 3 is 2.90 bits per heavy atom. The Bertz CT molecular complexity index is 848. The van der Waals surface area contributed by atoms with Crippen LogP contribution in [0.5, 0.6) is 11.6 Å². The maximum absolute atomic E-state index is 11.0. The monoisotopic (exact) mass is 305 g/mol. The molecule has 2 aromatic heterocycles. The molecule has 9 heteroatoms. The molecule has 0 unspecified atom stereocenters. The van der Waals surface area contributed by atoms with Crippen LogP contribution in [-0.2, 0) is 0 Å². The van der Waals surface area contributed by atoms with Gasteiger partial charge in [0.15, 0.2) is 0 Å². The summed E-state index contributed by atoms with van der Waals surface area (Å²) in [6, 6.07) is 6.04. The fourth-order valence-electron chi connectivity index (χ4n) is 1.79. The van der Waals surface area contributed by atoms with Gasteiger partial charge >= 0.3 is 5.69 Å². The molecule has 3 rings (SSSR count). The van der Waals surface area contributed by atoms with Gasteiger partial charge in [-0.05, 0) is 13.0 Å². The zero-order valence-electron chi connectivity index (χ0n) is 10.7. The van der Waals surface area contributed by atoms with Crippen molar-refractivity contribution in [2.75, 3.05) is 0 Å². The molecule has 0 atom stereocenters. The summed E-state index contributed by atoms with van der Waals surface area (Å²) in [5.74, 6) is 0.570. The highest BCUT2D eigenvalue weighted by Crippen LogP contribution is 2.33. The number of hydrogen-bond acceptors (Lipinski definition) is 6. The molecule has 1 aromatic carbocycles. The molecule has 0 aliphatic heterocycles. The first-order valence-electron chi connectivity index (χ1n) is 5.85. The highest BCUT2D eigenvalue weighted by atomic mass is 35.5. The number of rotatable bonds is 3. The quantitative estimate of drug-likeness (QED) is 0.419. The van der Waals surface area contributed by atoms with Crippen molar-refractivity contribution in [3.8, 4) is 11.6 Å². The number of ether oxygens (including phenoxy) is 1. The zero-order valence-corrected chi connectivity index (χ0v) is 11.5. The minimum absolute atomic E-state index is 0.0877. The average Bonchev–Trinajstić information content (AvgIpc) is 2.92. The lowest BCUT2D eigenvalue weighted by atomic mass is 10.3. The number of nitro benzene ring substituents is 1. The molecule has 0 aliphatic carbocycles. The van der Waals surface area contributed by atoms with E-state index in [1.807, 2.05) is 0 Å². The van der Waals surface area contributed by atoms with Gasteiger partial charge in [-0.3, -0.25) is 10.1 Å². The molecule has 0 saturated heterocycles. The number of fused-ring (bicyclic) bond motifs is 1. The summed E-state index contributed by atoms with van der Waals surface area (Å²) in [6.45, 7) is 1.68. The first-order chi connectivity index (χ1) is 10.1. The molecule has 3 aromatic rings. The van der Waals surface area contributed by atoms with Crippen LogP contribution in [0.1, 0.15) is 5.56 Å². The molecule has 2 heterocycles. The second-order valence-corrected chi connectivity index (χ2v) is 4.49. The Morgan fingerprint density at radius 1 is 1.38 bits per heavy atom. The maximum Gasteiger partial charge on any atom is 0.311 e.